The Hall–Kier alpha value is -2.88. The minimum atomic E-state index is -2.20. The standard InChI is InChI=1S/C31H45NO13/c1-8-9-10-42-27(39)32-15(3)21(35)26(38)45-17-12-31(41)25(44-16(4)33)23-29(7,18(34)11-19-30(23,40)13-43-19)24(37)22(36)20(14(17)2)28(31,5)6/h8-9,15,17-19,21-23,25,34-36,40-41H,10-13H2,1-7H3,(H,32,39)/b9-8+/t15-,17?,18-,19+,21+,22+,23-,25-,29+,30-,31+/m0/s1. The second kappa shape index (κ2) is 12.0. The largest absolute Gasteiger partial charge is 0.459 e. The van der Waals surface area contributed by atoms with E-state index in [1.54, 1.807) is 19.1 Å². The highest BCUT2D eigenvalue weighted by Gasteiger charge is 2.76. The van der Waals surface area contributed by atoms with Crippen molar-refractivity contribution in [2.75, 3.05) is 13.2 Å². The number of alkyl carbamates (subject to hydrolysis) is 1. The van der Waals surface area contributed by atoms with Crippen molar-refractivity contribution in [3.63, 3.8) is 0 Å². The number of carbonyl (C=O) groups excluding carboxylic acids is 4. The predicted octanol–water partition coefficient (Wildman–Crippen LogP) is -0.180. The number of aliphatic hydroxyl groups is 5. The van der Waals surface area contributed by atoms with Gasteiger partial charge in [-0.05, 0) is 38.8 Å². The Morgan fingerprint density at radius 1 is 1.16 bits per heavy atom. The van der Waals surface area contributed by atoms with Gasteiger partial charge in [0.15, 0.2) is 11.9 Å². The number of carbonyl (C=O) groups is 4. The van der Waals surface area contributed by atoms with Crippen LogP contribution in [0.3, 0.4) is 0 Å². The summed E-state index contributed by atoms with van der Waals surface area (Å²) < 4.78 is 21.9. The first-order chi connectivity index (χ1) is 20.8. The van der Waals surface area contributed by atoms with Crippen LogP contribution in [0, 0.1) is 16.7 Å². The van der Waals surface area contributed by atoms with Crippen molar-refractivity contribution in [3.8, 4) is 0 Å². The predicted molar refractivity (Wildman–Crippen MR) is 154 cm³/mol. The number of rotatable bonds is 7. The third-order valence-corrected chi connectivity index (χ3v) is 10.5. The molecular weight excluding hydrogens is 594 g/mol. The molecule has 6 N–H and O–H groups in total. The fourth-order valence-electron chi connectivity index (χ4n) is 7.74. The second-order valence-electron chi connectivity index (χ2n) is 13.4. The van der Waals surface area contributed by atoms with Gasteiger partial charge in [-0.3, -0.25) is 9.59 Å². The lowest BCUT2D eigenvalue weighted by molar-refractivity contribution is -0.345. The fourth-order valence-corrected chi connectivity index (χ4v) is 7.74. The van der Waals surface area contributed by atoms with Crippen LogP contribution in [-0.4, -0.2) is 116 Å². The molecule has 2 saturated carbocycles. The van der Waals surface area contributed by atoms with Crippen molar-refractivity contribution < 1.29 is 63.7 Å². The molecule has 4 rings (SSSR count). The third-order valence-electron chi connectivity index (χ3n) is 10.5. The maximum absolute atomic E-state index is 14.3. The summed E-state index contributed by atoms with van der Waals surface area (Å²) >= 11 is 0. The summed E-state index contributed by atoms with van der Waals surface area (Å²) in [6.07, 6.45) is -7.41. The summed E-state index contributed by atoms with van der Waals surface area (Å²) in [6.45, 7) is 9.83. The summed E-state index contributed by atoms with van der Waals surface area (Å²) in [6, 6.07) is -1.16. The molecule has 0 radical (unpaired) electrons. The first kappa shape index (κ1) is 35.0. The number of hydrogen-bond acceptors (Lipinski definition) is 13. The van der Waals surface area contributed by atoms with E-state index in [1.807, 2.05) is 0 Å². The van der Waals surface area contributed by atoms with Gasteiger partial charge in [0, 0.05) is 31.1 Å². The van der Waals surface area contributed by atoms with E-state index in [0.29, 0.717) is 0 Å². The van der Waals surface area contributed by atoms with Gasteiger partial charge in [-0.15, -0.1) is 0 Å². The lowest BCUT2D eigenvalue weighted by atomic mass is 9.45. The van der Waals surface area contributed by atoms with Crippen LogP contribution in [0.2, 0.25) is 0 Å². The highest BCUT2D eigenvalue weighted by Crippen LogP contribution is 2.63. The van der Waals surface area contributed by atoms with Gasteiger partial charge >= 0.3 is 18.0 Å². The van der Waals surface area contributed by atoms with Crippen LogP contribution in [0.25, 0.3) is 0 Å². The van der Waals surface area contributed by atoms with Crippen molar-refractivity contribution in [2.24, 2.45) is 16.7 Å². The Bertz CT molecular complexity index is 1290. The molecule has 45 heavy (non-hydrogen) atoms. The lowest BCUT2D eigenvalue weighted by Gasteiger charge is -2.66. The molecule has 14 heteroatoms. The van der Waals surface area contributed by atoms with Crippen molar-refractivity contribution in [3.05, 3.63) is 23.3 Å². The van der Waals surface area contributed by atoms with Crippen molar-refractivity contribution >= 4 is 23.8 Å². The van der Waals surface area contributed by atoms with E-state index < -0.39 is 101 Å². The second-order valence-corrected chi connectivity index (χ2v) is 13.4. The van der Waals surface area contributed by atoms with Gasteiger partial charge in [0.05, 0.1) is 30.3 Å². The quantitative estimate of drug-likeness (QED) is 0.121. The number of nitrogens with one attached hydrogen (secondary N) is 1. The van der Waals surface area contributed by atoms with Crippen LogP contribution >= 0.6 is 0 Å². The zero-order valence-electron chi connectivity index (χ0n) is 26.6. The van der Waals surface area contributed by atoms with Crippen LogP contribution in [-0.2, 0) is 33.3 Å². The summed E-state index contributed by atoms with van der Waals surface area (Å²) in [4.78, 5) is 52.0. The van der Waals surface area contributed by atoms with Crippen LogP contribution in [0.4, 0.5) is 4.79 Å². The normalized spacial score (nSPS) is 40.1. The fraction of sp³-hybridized carbons (Fsp3) is 0.742. The highest BCUT2D eigenvalue weighted by atomic mass is 16.6. The number of ketones is 1. The zero-order chi connectivity index (χ0) is 33.9. The number of aliphatic hydroxyl groups excluding tert-OH is 3. The monoisotopic (exact) mass is 639 g/mol. The number of amides is 1. The van der Waals surface area contributed by atoms with E-state index in [9.17, 15) is 44.7 Å². The molecule has 1 unspecified atom stereocenters. The Morgan fingerprint density at radius 2 is 1.80 bits per heavy atom. The molecule has 0 aromatic heterocycles. The average Bonchev–Trinajstić information content (AvgIpc) is 2.95. The van der Waals surface area contributed by atoms with E-state index in [2.05, 4.69) is 5.32 Å². The Balaban J connectivity index is 1.77. The molecule has 3 aliphatic carbocycles. The summed E-state index contributed by atoms with van der Waals surface area (Å²) in [5, 5.41) is 60.6. The van der Waals surface area contributed by atoms with E-state index in [4.69, 9.17) is 18.9 Å². The molecular formula is C31H45NO13. The lowest BCUT2D eigenvalue weighted by Crippen LogP contribution is -2.81. The minimum absolute atomic E-state index is 0.0183. The van der Waals surface area contributed by atoms with E-state index in [0.717, 1.165) is 6.92 Å². The molecule has 0 aromatic rings. The number of hydrogen-bond donors (Lipinski definition) is 6. The van der Waals surface area contributed by atoms with Gasteiger partial charge in [0.2, 0.25) is 0 Å². The van der Waals surface area contributed by atoms with Crippen molar-refractivity contribution in [1.29, 1.82) is 0 Å². The Labute approximate surface area is 261 Å². The summed E-state index contributed by atoms with van der Waals surface area (Å²) in [5.74, 6) is -4.35. The molecule has 252 valence electrons. The minimum Gasteiger partial charge on any atom is -0.459 e. The van der Waals surface area contributed by atoms with Crippen LogP contribution in [0.5, 0.6) is 0 Å². The van der Waals surface area contributed by atoms with Gasteiger partial charge in [-0.1, -0.05) is 26.0 Å². The van der Waals surface area contributed by atoms with Gasteiger partial charge in [-0.25, -0.2) is 9.59 Å². The Kier molecular flexibility index (Phi) is 9.37. The molecule has 14 nitrogen and oxygen atoms in total. The molecule has 3 fully saturated rings. The first-order valence-electron chi connectivity index (χ1n) is 15.1. The molecule has 1 saturated heterocycles. The number of esters is 2. The maximum Gasteiger partial charge on any atom is 0.407 e. The molecule has 0 spiro atoms. The van der Waals surface area contributed by atoms with Crippen molar-refractivity contribution in [1.82, 2.24) is 5.32 Å². The molecule has 1 heterocycles. The third kappa shape index (κ3) is 5.38. The smallest absolute Gasteiger partial charge is 0.407 e. The zero-order valence-corrected chi connectivity index (χ0v) is 26.6. The van der Waals surface area contributed by atoms with Gasteiger partial charge < -0.3 is 49.8 Å². The van der Waals surface area contributed by atoms with Crippen LogP contribution in [0.15, 0.2) is 23.3 Å². The number of Topliss-reactive ketones (excluding diaryl/α,β-unsaturated/α-hetero) is 1. The SMILES string of the molecule is C/C=C/COC(=O)N[C@@H](C)[C@@H](O)C(=O)OC1C[C@@]2(O)[C@@H](OC(C)=O)[C@@H]3[C@]4(O)CO[C@@H]4C[C@H](O)[C@@]3(C)C(=O)[C@H](O)C(=C1C)C2(C)C. The number of fused-ring (bicyclic) bond motifs is 5. The van der Waals surface area contributed by atoms with Crippen molar-refractivity contribution in [2.45, 2.75) is 115 Å². The number of ether oxygens (including phenoxy) is 4. The Morgan fingerprint density at radius 3 is 2.36 bits per heavy atom. The molecule has 4 aliphatic rings. The van der Waals surface area contributed by atoms with E-state index in [-0.39, 0.29) is 30.8 Å². The number of allylic oxidation sites excluding steroid dienone is 1. The first-order valence-corrected chi connectivity index (χ1v) is 15.1. The highest BCUT2D eigenvalue weighted by molar-refractivity contribution is 5.93. The molecule has 1 amide bonds. The van der Waals surface area contributed by atoms with Crippen LogP contribution in [0.1, 0.15) is 61.3 Å². The molecule has 1 aliphatic heterocycles. The average molecular weight is 640 g/mol. The van der Waals surface area contributed by atoms with Gasteiger partial charge in [0.1, 0.15) is 36.1 Å². The van der Waals surface area contributed by atoms with E-state index >= 15 is 0 Å². The topological polar surface area (TPSA) is 218 Å². The molecule has 0 aromatic carbocycles. The van der Waals surface area contributed by atoms with Gasteiger partial charge in [0.25, 0.3) is 0 Å². The van der Waals surface area contributed by atoms with Gasteiger partial charge in [-0.2, -0.15) is 0 Å². The summed E-state index contributed by atoms with van der Waals surface area (Å²) in [7, 11) is 0. The summed E-state index contributed by atoms with van der Waals surface area (Å²) in [5.41, 5.74) is -7.25. The molecule has 11 atom stereocenters. The van der Waals surface area contributed by atoms with E-state index in [1.165, 1.54) is 34.6 Å². The van der Waals surface area contributed by atoms with Crippen LogP contribution < -0.4 is 5.32 Å². The maximum atomic E-state index is 14.3. The molecule has 2 bridgehead atoms.